The van der Waals surface area contributed by atoms with Crippen molar-refractivity contribution in [2.24, 2.45) is 0 Å². The molecular weight excluding hydrogens is 276 g/mol. The molecule has 20 heavy (non-hydrogen) atoms. The van der Waals surface area contributed by atoms with Gasteiger partial charge in [-0.15, -0.1) is 0 Å². The lowest BCUT2D eigenvalue weighted by molar-refractivity contribution is -0.0434. The molecule has 0 amide bonds. The largest absolute Gasteiger partial charge is 0.388 e. The zero-order chi connectivity index (χ0) is 14.4. The van der Waals surface area contributed by atoms with Gasteiger partial charge in [0.2, 0.25) is 0 Å². The van der Waals surface area contributed by atoms with Gasteiger partial charge in [-0.25, -0.2) is 0 Å². The Morgan fingerprint density at radius 2 is 1.60 bits per heavy atom. The molecule has 2 atom stereocenters. The summed E-state index contributed by atoms with van der Waals surface area (Å²) in [6, 6.07) is 16.6. The smallest absolute Gasteiger partial charge is 0.109 e. The maximum atomic E-state index is 10.1. The van der Waals surface area contributed by atoms with E-state index in [9.17, 15) is 10.2 Å². The molecule has 0 saturated carbocycles. The standard InChI is InChI=1S/C16H17ClO3/c17-14-9-5-4-8-13(14)16(19)15(18)11-20-10-12-6-2-1-3-7-12/h1-9,15-16,18-19H,10-11H2/t15-,16+/m1/s1. The van der Waals surface area contributed by atoms with E-state index in [-0.39, 0.29) is 6.61 Å². The maximum absolute atomic E-state index is 10.1. The van der Waals surface area contributed by atoms with Crippen molar-refractivity contribution < 1.29 is 14.9 Å². The van der Waals surface area contributed by atoms with E-state index >= 15 is 0 Å². The number of hydrogen-bond acceptors (Lipinski definition) is 3. The van der Waals surface area contributed by atoms with E-state index in [1.807, 2.05) is 30.3 Å². The Labute approximate surface area is 123 Å². The molecule has 0 aromatic heterocycles. The van der Waals surface area contributed by atoms with Crippen LogP contribution in [-0.4, -0.2) is 22.9 Å². The summed E-state index contributed by atoms with van der Waals surface area (Å²) < 4.78 is 5.41. The van der Waals surface area contributed by atoms with Crippen LogP contribution in [0, 0.1) is 0 Å². The molecular formula is C16H17ClO3. The van der Waals surface area contributed by atoms with Crippen LogP contribution in [0.5, 0.6) is 0 Å². The van der Waals surface area contributed by atoms with Crippen molar-refractivity contribution in [1.29, 1.82) is 0 Å². The first kappa shape index (κ1) is 15.0. The van der Waals surface area contributed by atoms with Crippen molar-refractivity contribution in [3.63, 3.8) is 0 Å². The molecule has 0 saturated heterocycles. The number of halogens is 1. The second-order valence-corrected chi connectivity index (χ2v) is 4.94. The number of aliphatic hydroxyl groups excluding tert-OH is 2. The number of benzene rings is 2. The molecule has 0 unspecified atom stereocenters. The second kappa shape index (κ2) is 7.41. The van der Waals surface area contributed by atoms with Crippen LogP contribution in [-0.2, 0) is 11.3 Å². The quantitative estimate of drug-likeness (QED) is 0.860. The van der Waals surface area contributed by atoms with Crippen LogP contribution in [0.4, 0.5) is 0 Å². The first-order valence-corrected chi connectivity index (χ1v) is 6.78. The molecule has 0 aliphatic rings. The van der Waals surface area contributed by atoms with Gasteiger partial charge in [0.25, 0.3) is 0 Å². The summed E-state index contributed by atoms with van der Waals surface area (Å²) in [6.07, 6.45) is -2.07. The molecule has 3 nitrogen and oxygen atoms in total. The molecule has 2 aromatic rings. The van der Waals surface area contributed by atoms with Crippen LogP contribution in [0.1, 0.15) is 17.2 Å². The minimum absolute atomic E-state index is 0.0429. The van der Waals surface area contributed by atoms with E-state index in [4.69, 9.17) is 16.3 Å². The van der Waals surface area contributed by atoms with E-state index in [0.717, 1.165) is 5.56 Å². The molecule has 2 rings (SSSR count). The fraction of sp³-hybridized carbons (Fsp3) is 0.250. The summed E-state index contributed by atoms with van der Waals surface area (Å²) in [5.41, 5.74) is 1.52. The van der Waals surface area contributed by atoms with Crippen molar-refractivity contribution in [1.82, 2.24) is 0 Å². The van der Waals surface area contributed by atoms with Gasteiger partial charge in [-0.2, -0.15) is 0 Å². The lowest BCUT2D eigenvalue weighted by Gasteiger charge is -2.19. The topological polar surface area (TPSA) is 49.7 Å². The van der Waals surface area contributed by atoms with Crippen molar-refractivity contribution >= 4 is 11.6 Å². The molecule has 0 fully saturated rings. The molecule has 0 aliphatic carbocycles. The third-order valence-corrected chi connectivity index (χ3v) is 3.33. The molecule has 0 heterocycles. The summed E-state index contributed by atoms with van der Waals surface area (Å²) in [4.78, 5) is 0. The molecule has 4 heteroatoms. The van der Waals surface area contributed by atoms with E-state index in [0.29, 0.717) is 17.2 Å². The highest BCUT2D eigenvalue weighted by Gasteiger charge is 2.20. The minimum atomic E-state index is -1.06. The fourth-order valence-electron chi connectivity index (χ4n) is 1.89. The van der Waals surface area contributed by atoms with Crippen LogP contribution in [0.3, 0.4) is 0 Å². The highest BCUT2D eigenvalue weighted by molar-refractivity contribution is 6.31. The summed E-state index contributed by atoms with van der Waals surface area (Å²) in [7, 11) is 0. The average Bonchev–Trinajstić information content (AvgIpc) is 2.48. The van der Waals surface area contributed by atoms with Gasteiger partial charge in [-0.3, -0.25) is 0 Å². The highest BCUT2D eigenvalue weighted by atomic mass is 35.5. The zero-order valence-electron chi connectivity index (χ0n) is 10.9. The Hall–Kier alpha value is -1.39. The first-order valence-electron chi connectivity index (χ1n) is 6.40. The molecule has 2 N–H and O–H groups in total. The van der Waals surface area contributed by atoms with E-state index in [1.165, 1.54) is 0 Å². The van der Waals surface area contributed by atoms with Gasteiger partial charge < -0.3 is 14.9 Å². The Kier molecular flexibility index (Phi) is 5.56. The van der Waals surface area contributed by atoms with Crippen molar-refractivity contribution in [2.75, 3.05) is 6.61 Å². The van der Waals surface area contributed by atoms with Crippen LogP contribution >= 0.6 is 11.6 Å². The van der Waals surface area contributed by atoms with Gasteiger partial charge in [-0.05, 0) is 11.6 Å². The predicted octanol–water partition coefficient (Wildman–Crippen LogP) is 2.95. The third-order valence-electron chi connectivity index (χ3n) is 2.99. The maximum Gasteiger partial charge on any atom is 0.109 e. The average molecular weight is 293 g/mol. The predicted molar refractivity (Wildman–Crippen MR) is 78.5 cm³/mol. The van der Waals surface area contributed by atoms with Gasteiger partial charge in [0, 0.05) is 10.6 Å². The van der Waals surface area contributed by atoms with E-state index in [1.54, 1.807) is 24.3 Å². The van der Waals surface area contributed by atoms with Crippen molar-refractivity contribution in [3.8, 4) is 0 Å². The Morgan fingerprint density at radius 3 is 2.30 bits per heavy atom. The molecule has 0 radical (unpaired) electrons. The SMILES string of the molecule is O[C@H](COCc1ccccc1)[C@@H](O)c1ccccc1Cl. The number of aliphatic hydroxyl groups is 2. The van der Waals surface area contributed by atoms with Gasteiger partial charge >= 0.3 is 0 Å². The molecule has 106 valence electrons. The first-order chi connectivity index (χ1) is 9.68. The number of ether oxygens (including phenoxy) is 1. The highest BCUT2D eigenvalue weighted by Crippen LogP contribution is 2.25. The van der Waals surface area contributed by atoms with Crippen LogP contribution in [0.15, 0.2) is 54.6 Å². The molecule has 0 spiro atoms. The minimum Gasteiger partial charge on any atom is -0.388 e. The Balaban J connectivity index is 1.86. The summed E-state index contributed by atoms with van der Waals surface area (Å²) >= 11 is 5.98. The molecule has 0 aliphatic heterocycles. The third kappa shape index (κ3) is 4.05. The lowest BCUT2D eigenvalue weighted by atomic mass is 10.1. The fourth-order valence-corrected chi connectivity index (χ4v) is 2.13. The Morgan fingerprint density at radius 1 is 0.950 bits per heavy atom. The monoisotopic (exact) mass is 292 g/mol. The molecule has 2 aromatic carbocycles. The van der Waals surface area contributed by atoms with Gasteiger partial charge in [0.1, 0.15) is 12.2 Å². The summed E-state index contributed by atoms with van der Waals surface area (Å²) in [6.45, 7) is 0.439. The van der Waals surface area contributed by atoms with Gasteiger partial charge in [0.05, 0.1) is 13.2 Å². The van der Waals surface area contributed by atoms with Crippen LogP contribution in [0.2, 0.25) is 5.02 Å². The van der Waals surface area contributed by atoms with Crippen molar-refractivity contribution in [2.45, 2.75) is 18.8 Å². The Bertz CT molecular complexity index is 530. The molecule has 0 bridgehead atoms. The lowest BCUT2D eigenvalue weighted by Crippen LogP contribution is -2.24. The second-order valence-electron chi connectivity index (χ2n) is 4.53. The zero-order valence-corrected chi connectivity index (χ0v) is 11.7. The van der Waals surface area contributed by atoms with Crippen LogP contribution < -0.4 is 0 Å². The van der Waals surface area contributed by atoms with Gasteiger partial charge in [0.15, 0.2) is 0 Å². The van der Waals surface area contributed by atoms with Crippen LogP contribution in [0.25, 0.3) is 0 Å². The summed E-state index contributed by atoms with van der Waals surface area (Å²) in [5, 5.41) is 20.4. The van der Waals surface area contributed by atoms with Gasteiger partial charge in [-0.1, -0.05) is 60.1 Å². The van der Waals surface area contributed by atoms with E-state index < -0.39 is 12.2 Å². The number of hydrogen-bond donors (Lipinski definition) is 2. The summed E-state index contributed by atoms with van der Waals surface area (Å²) in [5.74, 6) is 0. The number of rotatable bonds is 6. The van der Waals surface area contributed by atoms with Crippen molar-refractivity contribution in [3.05, 3.63) is 70.7 Å². The van der Waals surface area contributed by atoms with E-state index in [2.05, 4.69) is 0 Å². The normalized spacial score (nSPS) is 13.9.